The van der Waals surface area contributed by atoms with Crippen molar-refractivity contribution >= 4 is 13.9 Å². The third-order valence-electron chi connectivity index (χ3n) is 4.39. The molecule has 3 rings (SSSR count). The number of piperidine rings is 1. The molecule has 2 nitrogen and oxygen atoms in total. The SMILES string of the molecule is C[Si](C)(N)C1C=C(N2CCCCC2)c2ccccc21. The maximum atomic E-state index is 6.52. The summed E-state index contributed by atoms with van der Waals surface area (Å²) < 4.78 is 0. The first-order valence-corrected chi connectivity index (χ1v) is 10.6. The molecule has 1 aliphatic carbocycles. The molecule has 3 heteroatoms. The Hall–Kier alpha value is -1.06. The maximum absolute atomic E-state index is 6.52. The molecule has 1 saturated heterocycles. The second kappa shape index (κ2) is 4.80. The summed E-state index contributed by atoms with van der Waals surface area (Å²) in [5, 5.41) is 6.52. The van der Waals surface area contributed by atoms with Gasteiger partial charge in [-0.25, -0.2) is 0 Å². The molecule has 19 heavy (non-hydrogen) atoms. The van der Waals surface area contributed by atoms with Gasteiger partial charge in [-0.15, -0.1) is 0 Å². The topological polar surface area (TPSA) is 29.3 Å². The summed E-state index contributed by atoms with van der Waals surface area (Å²) in [6.07, 6.45) is 6.50. The van der Waals surface area contributed by atoms with Gasteiger partial charge < -0.3 is 10.3 Å². The Morgan fingerprint density at radius 2 is 1.79 bits per heavy atom. The molecular formula is C16H24N2Si. The zero-order valence-corrected chi connectivity index (χ0v) is 13.0. The number of fused-ring (bicyclic) bond motifs is 1. The van der Waals surface area contributed by atoms with E-state index in [9.17, 15) is 0 Å². The number of rotatable bonds is 2. The normalized spacial score (nSPS) is 23.2. The van der Waals surface area contributed by atoms with E-state index in [1.165, 1.54) is 49.2 Å². The molecule has 2 N–H and O–H groups in total. The lowest BCUT2D eigenvalue weighted by Crippen LogP contribution is -2.44. The van der Waals surface area contributed by atoms with Gasteiger partial charge in [0.1, 0.15) is 8.24 Å². The van der Waals surface area contributed by atoms with Crippen molar-refractivity contribution < 1.29 is 0 Å². The molecule has 1 unspecified atom stereocenters. The largest absolute Gasteiger partial charge is 0.371 e. The van der Waals surface area contributed by atoms with Gasteiger partial charge in [0.05, 0.1) is 0 Å². The third kappa shape index (κ3) is 2.37. The summed E-state index contributed by atoms with van der Waals surface area (Å²) in [5.41, 5.74) is 4.81. The second-order valence-corrected chi connectivity index (χ2v) is 10.8. The number of nitrogens with zero attached hydrogens (tertiary/aromatic N) is 1. The zero-order valence-electron chi connectivity index (χ0n) is 12.0. The van der Waals surface area contributed by atoms with Crippen LogP contribution in [-0.4, -0.2) is 26.2 Å². The molecule has 1 fully saturated rings. The molecule has 1 heterocycles. The van der Waals surface area contributed by atoms with E-state index in [1.807, 2.05) is 0 Å². The molecule has 2 aliphatic rings. The van der Waals surface area contributed by atoms with E-state index in [-0.39, 0.29) is 0 Å². The van der Waals surface area contributed by atoms with E-state index in [1.54, 1.807) is 0 Å². The van der Waals surface area contributed by atoms with Crippen LogP contribution in [0.2, 0.25) is 13.1 Å². The Morgan fingerprint density at radius 3 is 2.47 bits per heavy atom. The summed E-state index contributed by atoms with van der Waals surface area (Å²) in [6.45, 7) is 6.95. The van der Waals surface area contributed by atoms with Crippen LogP contribution in [0.3, 0.4) is 0 Å². The van der Waals surface area contributed by atoms with Crippen LogP contribution in [0.4, 0.5) is 0 Å². The standard InChI is InChI=1S/C16H24N2Si/c1-19(2,17)16-12-15(18-10-6-3-7-11-18)13-8-4-5-9-14(13)16/h4-5,8-9,12,16H,3,6-7,10-11,17H2,1-2H3. The van der Waals surface area contributed by atoms with Gasteiger partial charge in [0, 0.05) is 29.9 Å². The van der Waals surface area contributed by atoms with Crippen LogP contribution < -0.4 is 5.40 Å². The molecular weight excluding hydrogens is 248 g/mol. The van der Waals surface area contributed by atoms with Crippen LogP contribution in [0.15, 0.2) is 30.3 Å². The van der Waals surface area contributed by atoms with Crippen LogP contribution in [0.5, 0.6) is 0 Å². The molecule has 1 aliphatic heterocycles. The predicted molar refractivity (Wildman–Crippen MR) is 84.3 cm³/mol. The molecule has 1 atom stereocenters. The minimum Gasteiger partial charge on any atom is -0.371 e. The van der Waals surface area contributed by atoms with Gasteiger partial charge >= 0.3 is 0 Å². The first kappa shape index (κ1) is 12.9. The monoisotopic (exact) mass is 272 g/mol. The fourth-order valence-corrected chi connectivity index (χ4v) is 5.01. The highest BCUT2D eigenvalue weighted by Gasteiger charge is 2.35. The molecule has 1 aromatic carbocycles. The van der Waals surface area contributed by atoms with E-state index in [0.29, 0.717) is 5.54 Å². The minimum atomic E-state index is -1.68. The Kier molecular flexibility index (Phi) is 3.27. The molecule has 0 aromatic heterocycles. The average molecular weight is 272 g/mol. The lowest BCUT2D eigenvalue weighted by Gasteiger charge is -2.30. The van der Waals surface area contributed by atoms with Gasteiger partial charge in [-0.2, -0.15) is 0 Å². The summed E-state index contributed by atoms with van der Waals surface area (Å²) in [4.78, 5) is 2.57. The number of benzene rings is 1. The van der Waals surface area contributed by atoms with Crippen LogP contribution in [0.25, 0.3) is 5.70 Å². The molecule has 0 saturated carbocycles. The van der Waals surface area contributed by atoms with E-state index >= 15 is 0 Å². The number of allylic oxidation sites excluding steroid dienone is 1. The number of hydrogen-bond acceptors (Lipinski definition) is 2. The summed E-state index contributed by atoms with van der Waals surface area (Å²) >= 11 is 0. The highest BCUT2D eigenvalue weighted by atomic mass is 28.3. The van der Waals surface area contributed by atoms with Gasteiger partial charge in [-0.05, 0) is 24.8 Å². The Morgan fingerprint density at radius 1 is 1.11 bits per heavy atom. The molecule has 0 radical (unpaired) electrons. The molecule has 0 bridgehead atoms. The van der Waals surface area contributed by atoms with Crippen molar-refractivity contribution in [1.82, 2.24) is 4.90 Å². The van der Waals surface area contributed by atoms with Gasteiger partial charge in [0.2, 0.25) is 0 Å². The fraction of sp³-hybridized carbons (Fsp3) is 0.500. The Bertz CT molecular complexity index is 496. The smallest absolute Gasteiger partial charge is 0.128 e. The quantitative estimate of drug-likeness (QED) is 0.837. The van der Waals surface area contributed by atoms with Crippen molar-refractivity contribution in [3.05, 3.63) is 41.5 Å². The van der Waals surface area contributed by atoms with Crippen molar-refractivity contribution in [2.45, 2.75) is 37.9 Å². The molecule has 0 spiro atoms. The molecule has 1 aromatic rings. The van der Waals surface area contributed by atoms with Crippen LogP contribution in [0.1, 0.15) is 35.9 Å². The van der Waals surface area contributed by atoms with Gasteiger partial charge in [0.15, 0.2) is 0 Å². The maximum Gasteiger partial charge on any atom is 0.128 e. The van der Waals surface area contributed by atoms with E-state index in [0.717, 1.165) is 0 Å². The van der Waals surface area contributed by atoms with Crippen molar-refractivity contribution in [2.75, 3.05) is 13.1 Å². The first-order valence-electron chi connectivity index (χ1n) is 7.42. The number of hydrogen-bond donors (Lipinski definition) is 1. The predicted octanol–water partition coefficient (Wildman–Crippen LogP) is 3.31. The van der Waals surface area contributed by atoms with Crippen LogP contribution in [-0.2, 0) is 0 Å². The van der Waals surface area contributed by atoms with Crippen molar-refractivity contribution in [3.63, 3.8) is 0 Å². The average Bonchev–Trinajstić information content (AvgIpc) is 2.79. The second-order valence-electron chi connectivity index (χ2n) is 6.49. The number of likely N-dealkylation sites (tertiary alicyclic amines) is 1. The van der Waals surface area contributed by atoms with Gasteiger partial charge in [-0.1, -0.05) is 43.4 Å². The molecule has 0 amide bonds. The minimum absolute atomic E-state index is 0.473. The Balaban J connectivity index is 2.00. The van der Waals surface area contributed by atoms with E-state index < -0.39 is 8.24 Å². The highest BCUT2D eigenvalue weighted by Crippen LogP contribution is 2.41. The van der Waals surface area contributed by atoms with E-state index in [4.69, 9.17) is 5.40 Å². The zero-order chi connectivity index (χ0) is 13.5. The van der Waals surface area contributed by atoms with Crippen molar-refractivity contribution in [2.24, 2.45) is 5.40 Å². The molecule has 102 valence electrons. The lowest BCUT2D eigenvalue weighted by atomic mass is 10.1. The van der Waals surface area contributed by atoms with Crippen LogP contribution >= 0.6 is 0 Å². The Labute approximate surface area is 117 Å². The summed E-state index contributed by atoms with van der Waals surface area (Å²) in [7, 11) is -1.68. The summed E-state index contributed by atoms with van der Waals surface area (Å²) in [6, 6.07) is 8.86. The van der Waals surface area contributed by atoms with Gasteiger partial charge in [0.25, 0.3) is 0 Å². The van der Waals surface area contributed by atoms with E-state index in [2.05, 4.69) is 48.3 Å². The van der Waals surface area contributed by atoms with Crippen LogP contribution in [0, 0.1) is 0 Å². The summed E-state index contributed by atoms with van der Waals surface area (Å²) in [5.74, 6) is 0. The number of nitrogens with two attached hydrogens (primary N) is 1. The van der Waals surface area contributed by atoms with Gasteiger partial charge in [-0.3, -0.25) is 0 Å². The van der Waals surface area contributed by atoms with Crippen molar-refractivity contribution in [3.8, 4) is 0 Å². The third-order valence-corrected chi connectivity index (χ3v) is 6.48. The fourth-order valence-electron chi connectivity index (χ4n) is 3.37. The highest BCUT2D eigenvalue weighted by molar-refractivity contribution is 6.76. The lowest BCUT2D eigenvalue weighted by molar-refractivity contribution is 0.326. The first-order chi connectivity index (χ1) is 9.07. The van der Waals surface area contributed by atoms with Crippen molar-refractivity contribution in [1.29, 1.82) is 0 Å².